The third-order valence-electron chi connectivity index (χ3n) is 3.16. The molecule has 2 rings (SSSR count). The highest BCUT2D eigenvalue weighted by atomic mass is 35.5. The molecule has 2 N–H and O–H groups in total. The van der Waals surface area contributed by atoms with Crippen LogP contribution in [0.15, 0.2) is 48.5 Å². The van der Waals surface area contributed by atoms with Crippen LogP contribution in [0.3, 0.4) is 0 Å². The van der Waals surface area contributed by atoms with E-state index in [1.165, 1.54) is 24.3 Å². The molecule has 0 radical (unpaired) electrons. The minimum absolute atomic E-state index is 0.0694. The molecular weight excluding hydrogens is 357 g/mol. The lowest BCUT2D eigenvalue weighted by Crippen LogP contribution is -2.33. The Morgan fingerprint density at radius 1 is 0.960 bits per heavy atom. The third-order valence-corrected chi connectivity index (χ3v) is 3.41. The quantitative estimate of drug-likeness (QED) is 0.840. The third kappa shape index (κ3) is 6.46. The Morgan fingerprint density at radius 3 is 2.12 bits per heavy atom. The summed E-state index contributed by atoms with van der Waals surface area (Å²) in [4.78, 5) is 23.5. The summed E-state index contributed by atoms with van der Waals surface area (Å²) in [5, 5.41) is 4.99. The Balaban J connectivity index is 1.90. The smallest absolute Gasteiger partial charge is 0.343 e. The highest BCUT2D eigenvalue weighted by Gasteiger charge is 2.27. The van der Waals surface area contributed by atoms with Gasteiger partial charge in [-0.1, -0.05) is 23.7 Å². The van der Waals surface area contributed by atoms with E-state index in [-0.39, 0.29) is 17.9 Å². The second kappa shape index (κ2) is 8.02. The molecule has 0 aliphatic carbocycles. The normalized spacial score (nSPS) is 11.0. The van der Waals surface area contributed by atoms with Gasteiger partial charge in [0.2, 0.25) is 5.91 Å². The predicted octanol–water partition coefficient (Wildman–Crippen LogP) is 3.81. The lowest BCUT2D eigenvalue weighted by atomic mass is 10.1. The van der Waals surface area contributed by atoms with E-state index >= 15 is 0 Å². The van der Waals surface area contributed by atoms with Gasteiger partial charge in [0.1, 0.15) is 6.54 Å². The average molecular weight is 371 g/mol. The van der Waals surface area contributed by atoms with Gasteiger partial charge in [-0.3, -0.25) is 9.59 Å². The Hall–Kier alpha value is -2.54. The number of rotatable bonds is 5. The molecule has 4 nitrogen and oxygen atoms in total. The van der Waals surface area contributed by atoms with E-state index in [1.54, 1.807) is 29.6 Å². The maximum Gasteiger partial charge on any atom is 0.405 e. The first-order chi connectivity index (χ1) is 11.7. The molecule has 0 saturated carbocycles. The lowest BCUT2D eigenvalue weighted by molar-refractivity contribution is -0.123. The molecule has 0 spiro atoms. The topological polar surface area (TPSA) is 58.2 Å². The molecule has 0 saturated heterocycles. The molecule has 2 aromatic rings. The van der Waals surface area contributed by atoms with E-state index in [1.807, 2.05) is 0 Å². The number of halogens is 4. The Labute approximate surface area is 147 Å². The number of amides is 2. The fourth-order valence-corrected chi connectivity index (χ4v) is 2.11. The number of hydrogen-bond acceptors (Lipinski definition) is 2. The average Bonchev–Trinajstić information content (AvgIpc) is 2.55. The van der Waals surface area contributed by atoms with Crippen LogP contribution in [0.5, 0.6) is 0 Å². The molecule has 0 bridgehead atoms. The van der Waals surface area contributed by atoms with Gasteiger partial charge in [0, 0.05) is 16.3 Å². The van der Waals surface area contributed by atoms with Crippen LogP contribution >= 0.6 is 11.6 Å². The van der Waals surface area contributed by atoms with Crippen molar-refractivity contribution in [3.05, 3.63) is 64.7 Å². The first-order valence-electron chi connectivity index (χ1n) is 7.22. The molecule has 0 aliphatic rings. The van der Waals surface area contributed by atoms with Crippen molar-refractivity contribution in [2.75, 3.05) is 11.9 Å². The van der Waals surface area contributed by atoms with E-state index in [9.17, 15) is 22.8 Å². The highest BCUT2D eigenvalue weighted by Crippen LogP contribution is 2.14. The van der Waals surface area contributed by atoms with Gasteiger partial charge in [-0.25, -0.2) is 0 Å². The minimum Gasteiger partial charge on any atom is -0.343 e. The number of nitrogens with one attached hydrogen (secondary N) is 2. The van der Waals surface area contributed by atoms with Gasteiger partial charge >= 0.3 is 6.18 Å². The molecular formula is C17H14ClF3N2O2. The standard InChI is InChI=1S/C17H14ClF3N2O2/c18-13-5-1-11(2-6-13)9-15(24)23-14-7-3-12(4-8-14)16(25)22-10-17(19,20)21/h1-8H,9-10H2,(H,22,25)(H,23,24). The fourth-order valence-electron chi connectivity index (χ4n) is 1.98. The van der Waals surface area contributed by atoms with Gasteiger partial charge in [-0.05, 0) is 42.0 Å². The van der Waals surface area contributed by atoms with Crippen molar-refractivity contribution in [1.82, 2.24) is 5.32 Å². The van der Waals surface area contributed by atoms with E-state index in [0.717, 1.165) is 5.56 Å². The summed E-state index contributed by atoms with van der Waals surface area (Å²) >= 11 is 5.77. The van der Waals surface area contributed by atoms with Gasteiger partial charge in [-0.2, -0.15) is 13.2 Å². The van der Waals surface area contributed by atoms with Crippen molar-refractivity contribution in [3.8, 4) is 0 Å². The van der Waals surface area contributed by atoms with Gasteiger partial charge in [0.15, 0.2) is 0 Å². The van der Waals surface area contributed by atoms with Gasteiger partial charge < -0.3 is 10.6 Å². The number of hydrogen-bond donors (Lipinski definition) is 2. The molecule has 132 valence electrons. The van der Waals surface area contributed by atoms with Gasteiger partial charge in [-0.15, -0.1) is 0 Å². The highest BCUT2D eigenvalue weighted by molar-refractivity contribution is 6.30. The number of carbonyl (C=O) groups is 2. The molecule has 2 aromatic carbocycles. The summed E-state index contributed by atoms with van der Waals surface area (Å²) in [6, 6.07) is 12.4. The number of carbonyl (C=O) groups excluding carboxylic acids is 2. The summed E-state index contributed by atoms with van der Waals surface area (Å²) in [6.07, 6.45) is -4.32. The Kier molecular flexibility index (Phi) is 6.03. The zero-order valence-electron chi connectivity index (χ0n) is 12.9. The van der Waals surface area contributed by atoms with Crippen LogP contribution in [-0.2, 0) is 11.2 Å². The van der Waals surface area contributed by atoms with E-state index < -0.39 is 18.6 Å². The monoisotopic (exact) mass is 370 g/mol. The van der Waals surface area contributed by atoms with Crippen LogP contribution in [0, 0.1) is 0 Å². The van der Waals surface area contributed by atoms with Crippen LogP contribution in [-0.4, -0.2) is 24.5 Å². The number of anilines is 1. The summed E-state index contributed by atoms with van der Waals surface area (Å²) in [5.41, 5.74) is 1.29. The van der Waals surface area contributed by atoms with Gasteiger partial charge in [0.05, 0.1) is 6.42 Å². The zero-order chi connectivity index (χ0) is 18.4. The Morgan fingerprint density at radius 2 is 1.56 bits per heavy atom. The molecule has 2 amide bonds. The summed E-state index contributed by atoms with van der Waals surface area (Å²) in [7, 11) is 0. The van der Waals surface area contributed by atoms with Crippen molar-refractivity contribution >= 4 is 29.1 Å². The van der Waals surface area contributed by atoms with E-state index in [0.29, 0.717) is 10.7 Å². The minimum atomic E-state index is -4.47. The second-order valence-corrected chi connectivity index (χ2v) is 5.66. The first-order valence-corrected chi connectivity index (χ1v) is 7.60. The second-order valence-electron chi connectivity index (χ2n) is 5.23. The van der Waals surface area contributed by atoms with Crippen molar-refractivity contribution in [3.63, 3.8) is 0 Å². The SMILES string of the molecule is O=C(Cc1ccc(Cl)cc1)Nc1ccc(C(=O)NCC(F)(F)F)cc1. The zero-order valence-corrected chi connectivity index (χ0v) is 13.6. The van der Waals surface area contributed by atoms with Crippen molar-refractivity contribution < 1.29 is 22.8 Å². The molecule has 8 heteroatoms. The van der Waals surface area contributed by atoms with E-state index in [2.05, 4.69) is 5.32 Å². The summed E-state index contributed by atoms with van der Waals surface area (Å²) in [5.74, 6) is -1.10. The number of alkyl halides is 3. The van der Waals surface area contributed by atoms with Crippen LogP contribution in [0.25, 0.3) is 0 Å². The van der Waals surface area contributed by atoms with Crippen molar-refractivity contribution in [2.45, 2.75) is 12.6 Å². The number of benzene rings is 2. The van der Waals surface area contributed by atoms with Crippen LogP contribution in [0.2, 0.25) is 5.02 Å². The van der Waals surface area contributed by atoms with Crippen LogP contribution in [0.1, 0.15) is 15.9 Å². The maximum absolute atomic E-state index is 12.1. The van der Waals surface area contributed by atoms with Crippen molar-refractivity contribution in [1.29, 1.82) is 0 Å². The van der Waals surface area contributed by atoms with Crippen molar-refractivity contribution in [2.24, 2.45) is 0 Å². The van der Waals surface area contributed by atoms with Crippen LogP contribution in [0.4, 0.5) is 18.9 Å². The molecule has 25 heavy (non-hydrogen) atoms. The molecule has 0 fully saturated rings. The van der Waals surface area contributed by atoms with Gasteiger partial charge in [0.25, 0.3) is 5.91 Å². The Bertz CT molecular complexity index is 744. The molecule has 0 aromatic heterocycles. The first kappa shape index (κ1) is 18.8. The summed E-state index contributed by atoms with van der Waals surface area (Å²) in [6.45, 7) is -1.40. The maximum atomic E-state index is 12.1. The lowest BCUT2D eigenvalue weighted by Gasteiger charge is -2.09. The predicted molar refractivity (Wildman–Crippen MR) is 88.6 cm³/mol. The molecule has 0 aliphatic heterocycles. The molecule has 0 atom stereocenters. The summed E-state index contributed by atoms with van der Waals surface area (Å²) < 4.78 is 36.2. The molecule has 0 heterocycles. The fraction of sp³-hybridized carbons (Fsp3) is 0.176. The van der Waals surface area contributed by atoms with E-state index in [4.69, 9.17) is 11.6 Å². The largest absolute Gasteiger partial charge is 0.405 e. The molecule has 0 unspecified atom stereocenters. The van der Waals surface area contributed by atoms with Crippen LogP contribution < -0.4 is 10.6 Å².